The third kappa shape index (κ3) is 2.47. The van der Waals surface area contributed by atoms with Crippen LogP contribution in [0.3, 0.4) is 0 Å². The molecule has 1 aromatic carbocycles. The second kappa shape index (κ2) is 5.01. The molecule has 1 unspecified atom stereocenters. The third-order valence-electron chi connectivity index (χ3n) is 2.87. The van der Waals surface area contributed by atoms with Crippen molar-refractivity contribution in [2.24, 2.45) is 0 Å². The Hall–Kier alpha value is -1.81. The third-order valence-corrected chi connectivity index (χ3v) is 2.87. The van der Waals surface area contributed by atoms with E-state index in [1.807, 2.05) is 36.8 Å². The molecule has 4 nitrogen and oxygen atoms in total. The molecule has 0 fully saturated rings. The van der Waals surface area contributed by atoms with Crippen LogP contribution in [0.2, 0.25) is 0 Å². The number of ether oxygens (including phenoxy) is 1. The summed E-state index contributed by atoms with van der Waals surface area (Å²) >= 11 is 0. The zero-order valence-electron chi connectivity index (χ0n) is 10.1. The van der Waals surface area contributed by atoms with E-state index in [9.17, 15) is 0 Å². The smallest absolute Gasteiger partial charge is 0.0954 e. The molecule has 2 aromatic rings. The van der Waals surface area contributed by atoms with Crippen LogP contribution in [-0.2, 0) is 11.3 Å². The minimum absolute atomic E-state index is 0.225. The second-order valence-electron chi connectivity index (χ2n) is 4.07. The molecule has 1 heterocycles. The van der Waals surface area contributed by atoms with Crippen LogP contribution in [0, 0.1) is 0 Å². The van der Waals surface area contributed by atoms with Crippen molar-refractivity contribution < 1.29 is 4.74 Å². The Morgan fingerprint density at radius 2 is 2.06 bits per heavy atom. The highest BCUT2D eigenvalue weighted by Gasteiger charge is 2.11. The number of nitrogens with two attached hydrogens (primary N) is 1. The van der Waals surface area contributed by atoms with Crippen molar-refractivity contribution in [3.05, 3.63) is 48.0 Å². The number of methoxy groups -OCH3 is 1. The predicted molar refractivity (Wildman–Crippen MR) is 67.6 cm³/mol. The zero-order chi connectivity index (χ0) is 12.3. The van der Waals surface area contributed by atoms with Gasteiger partial charge in [-0.3, -0.25) is 0 Å². The molecule has 1 atom stereocenters. The van der Waals surface area contributed by atoms with Gasteiger partial charge in [-0.05, 0) is 24.6 Å². The van der Waals surface area contributed by atoms with Gasteiger partial charge in [0.2, 0.25) is 0 Å². The van der Waals surface area contributed by atoms with Crippen LogP contribution in [0.25, 0.3) is 0 Å². The van der Waals surface area contributed by atoms with Gasteiger partial charge in [-0.1, -0.05) is 12.1 Å². The number of hydrogen-bond acceptors (Lipinski definition) is 3. The topological polar surface area (TPSA) is 53.1 Å². The van der Waals surface area contributed by atoms with Crippen molar-refractivity contribution in [1.82, 2.24) is 9.55 Å². The lowest BCUT2D eigenvalue weighted by Gasteiger charge is -2.16. The average Bonchev–Trinajstić information content (AvgIpc) is 2.78. The summed E-state index contributed by atoms with van der Waals surface area (Å²) in [5.41, 5.74) is 8.73. The fraction of sp³-hybridized carbons (Fsp3) is 0.308. The van der Waals surface area contributed by atoms with Gasteiger partial charge in [0.1, 0.15) is 0 Å². The molecule has 1 aromatic heterocycles. The van der Waals surface area contributed by atoms with Gasteiger partial charge >= 0.3 is 0 Å². The minimum Gasteiger partial charge on any atom is -0.399 e. The molecular formula is C13H17N3O. The van der Waals surface area contributed by atoms with Crippen LogP contribution in [0.4, 0.5) is 5.69 Å². The summed E-state index contributed by atoms with van der Waals surface area (Å²) in [6.07, 6.45) is 3.66. The van der Waals surface area contributed by atoms with Crippen LogP contribution in [0.5, 0.6) is 0 Å². The van der Waals surface area contributed by atoms with E-state index in [1.54, 1.807) is 7.11 Å². The number of nitrogens with zero attached hydrogens (tertiary/aromatic N) is 2. The molecule has 0 aliphatic carbocycles. The number of rotatable bonds is 4. The van der Waals surface area contributed by atoms with E-state index in [0.717, 1.165) is 11.4 Å². The van der Waals surface area contributed by atoms with Crippen LogP contribution in [0.1, 0.15) is 24.2 Å². The first-order chi connectivity index (χ1) is 8.22. The summed E-state index contributed by atoms with van der Waals surface area (Å²) in [6, 6.07) is 8.13. The van der Waals surface area contributed by atoms with E-state index in [4.69, 9.17) is 10.5 Å². The molecule has 2 N–H and O–H groups in total. The molecule has 0 saturated heterocycles. The molecule has 0 amide bonds. The quantitative estimate of drug-likeness (QED) is 0.821. The van der Waals surface area contributed by atoms with Crippen LogP contribution in [-0.4, -0.2) is 16.7 Å². The average molecular weight is 231 g/mol. The van der Waals surface area contributed by atoms with Crippen molar-refractivity contribution in [3.8, 4) is 0 Å². The van der Waals surface area contributed by atoms with E-state index < -0.39 is 0 Å². The molecule has 0 radical (unpaired) electrons. The molecule has 0 bridgehead atoms. The largest absolute Gasteiger partial charge is 0.399 e. The monoisotopic (exact) mass is 231 g/mol. The van der Waals surface area contributed by atoms with Gasteiger partial charge in [0.15, 0.2) is 0 Å². The number of aromatic nitrogens is 2. The van der Waals surface area contributed by atoms with Crippen molar-refractivity contribution in [2.45, 2.75) is 19.6 Å². The summed E-state index contributed by atoms with van der Waals surface area (Å²) in [6.45, 7) is 2.70. The first kappa shape index (κ1) is 11.7. The van der Waals surface area contributed by atoms with E-state index >= 15 is 0 Å². The maximum atomic E-state index is 5.68. The maximum absolute atomic E-state index is 5.68. The summed E-state index contributed by atoms with van der Waals surface area (Å²) in [5.74, 6) is 0. The van der Waals surface area contributed by atoms with Crippen LogP contribution < -0.4 is 5.73 Å². The number of anilines is 1. The summed E-state index contributed by atoms with van der Waals surface area (Å²) < 4.78 is 7.26. The van der Waals surface area contributed by atoms with Gasteiger partial charge in [-0.2, -0.15) is 0 Å². The predicted octanol–water partition coefficient (Wildman–Crippen LogP) is 2.22. The Balaban J connectivity index is 2.26. The summed E-state index contributed by atoms with van der Waals surface area (Å²) in [4.78, 5) is 4.16. The van der Waals surface area contributed by atoms with Gasteiger partial charge in [-0.25, -0.2) is 4.98 Å². The van der Waals surface area contributed by atoms with E-state index in [-0.39, 0.29) is 6.04 Å². The number of hydrogen-bond donors (Lipinski definition) is 1. The van der Waals surface area contributed by atoms with Crippen molar-refractivity contribution in [2.75, 3.05) is 12.8 Å². The fourth-order valence-electron chi connectivity index (χ4n) is 1.88. The summed E-state index contributed by atoms with van der Waals surface area (Å²) in [5, 5.41) is 0. The van der Waals surface area contributed by atoms with Gasteiger partial charge in [0.25, 0.3) is 0 Å². The molecular weight excluding hydrogens is 214 g/mol. The molecule has 0 spiro atoms. The molecule has 17 heavy (non-hydrogen) atoms. The first-order valence-electron chi connectivity index (χ1n) is 5.57. The molecule has 90 valence electrons. The van der Waals surface area contributed by atoms with E-state index in [1.165, 1.54) is 5.56 Å². The molecule has 4 heteroatoms. The van der Waals surface area contributed by atoms with Gasteiger partial charge in [0.05, 0.1) is 30.9 Å². The lowest BCUT2D eigenvalue weighted by atomic mass is 10.1. The highest BCUT2D eigenvalue weighted by molar-refractivity contribution is 5.40. The Kier molecular flexibility index (Phi) is 3.44. The second-order valence-corrected chi connectivity index (χ2v) is 4.07. The Bertz CT molecular complexity index is 476. The first-order valence-corrected chi connectivity index (χ1v) is 5.57. The van der Waals surface area contributed by atoms with Crippen molar-refractivity contribution >= 4 is 5.69 Å². The zero-order valence-corrected chi connectivity index (χ0v) is 10.1. The molecule has 0 saturated carbocycles. The number of nitrogen functional groups attached to an aromatic ring is 1. The van der Waals surface area contributed by atoms with Crippen molar-refractivity contribution in [3.63, 3.8) is 0 Å². The van der Waals surface area contributed by atoms with E-state index in [0.29, 0.717) is 6.61 Å². The Labute approximate surface area is 101 Å². The van der Waals surface area contributed by atoms with Gasteiger partial charge < -0.3 is 15.0 Å². The normalized spacial score (nSPS) is 12.6. The highest BCUT2D eigenvalue weighted by atomic mass is 16.5. The lowest BCUT2D eigenvalue weighted by molar-refractivity contribution is 0.177. The number of imidazole rings is 1. The SMILES string of the molecule is COCc1cncn1C(C)c1ccc(N)cc1. The number of benzene rings is 1. The Morgan fingerprint density at radius 3 is 2.71 bits per heavy atom. The molecule has 2 rings (SSSR count). The van der Waals surface area contributed by atoms with Crippen LogP contribution in [0.15, 0.2) is 36.8 Å². The minimum atomic E-state index is 0.225. The van der Waals surface area contributed by atoms with Crippen LogP contribution >= 0.6 is 0 Å². The highest BCUT2D eigenvalue weighted by Crippen LogP contribution is 2.20. The standard InChI is InChI=1S/C13H17N3O/c1-10(11-3-5-12(14)6-4-11)16-9-15-7-13(16)8-17-2/h3-7,9-10H,8,14H2,1-2H3. The van der Waals surface area contributed by atoms with Gasteiger partial charge in [0, 0.05) is 12.8 Å². The fourth-order valence-corrected chi connectivity index (χ4v) is 1.88. The van der Waals surface area contributed by atoms with Gasteiger partial charge in [-0.15, -0.1) is 0 Å². The maximum Gasteiger partial charge on any atom is 0.0954 e. The van der Waals surface area contributed by atoms with E-state index in [2.05, 4.69) is 16.5 Å². The lowest BCUT2D eigenvalue weighted by Crippen LogP contribution is -2.09. The van der Waals surface area contributed by atoms with Crippen molar-refractivity contribution in [1.29, 1.82) is 0 Å². The molecule has 0 aliphatic heterocycles. The molecule has 0 aliphatic rings. The summed E-state index contributed by atoms with van der Waals surface area (Å²) in [7, 11) is 1.69. The Morgan fingerprint density at radius 1 is 1.35 bits per heavy atom.